The van der Waals surface area contributed by atoms with Gasteiger partial charge in [-0.3, -0.25) is 9.59 Å². The molecule has 0 fully saturated rings. The summed E-state index contributed by atoms with van der Waals surface area (Å²) in [6.45, 7) is 4.62. The van der Waals surface area contributed by atoms with E-state index >= 15 is 0 Å². The van der Waals surface area contributed by atoms with Crippen molar-refractivity contribution in [3.8, 4) is 0 Å². The van der Waals surface area contributed by atoms with Gasteiger partial charge >= 0.3 is 0 Å². The molecule has 0 radical (unpaired) electrons. The summed E-state index contributed by atoms with van der Waals surface area (Å²) in [5.41, 5.74) is 0.699. The van der Waals surface area contributed by atoms with Gasteiger partial charge in [-0.25, -0.2) is 0 Å². The number of amides is 2. The number of rotatable bonds is 5. The van der Waals surface area contributed by atoms with E-state index in [0.29, 0.717) is 18.7 Å². The average molecular weight is 292 g/mol. The second-order valence-corrected chi connectivity index (χ2v) is 5.78. The maximum atomic E-state index is 11.9. The standard InChI is InChI=1S/C14H16N2O3S/c1-9-8-11(10(2)20-9)13(17)15-5-6-16-14(18)12-4-3-7-19-12/h3-4,7-8H,5-6H2,1-2H3,(H,15,17)(H,16,18). The maximum Gasteiger partial charge on any atom is 0.287 e. The zero-order valence-electron chi connectivity index (χ0n) is 11.4. The third-order valence-electron chi connectivity index (χ3n) is 2.73. The van der Waals surface area contributed by atoms with Crippen molar-refractivity contribution in [2.45, 2.75) is 13.8 Å². The topological polar surface area (TPSA) is 71.3 Å². The molecule has 0 atom stereocenters. The molecule has 2 rings (SSSR count). The van der Waals surface area contributed by atoms with Gasteiger partial charge in [-0.2, -0.15) is 0 Å². The third kappa shape index (κ3) is 3.48. The molecule has 0 unspecified atom stereocenters. The Balaban J connectivity index is 1.75. The summed E-state index contributed by atoms with van der Waals surface area (Å²) in [6.07, 6.45) is 1.44. The molecule has 0 aromatic carbocycles. The molecule has 5 nitrogen and oxygen atoms in total. The van der Waals surface area contributed by atoms with Crippen LogP contribution in [0.25, 0.3) is 0 Å². The predicted octanol–water partition coefficient (Wildman–Crippen LogP) is 2.12. The van der Waals surface area contributed by atoms with Crippen LogP contribution in [0.2, 0.25) is 0 Å². The SMILES string of the molecule is Cc1cc(C(=O)NCCNC(=O)c2ccco2)c(C)s1. The van der Waals surface area contributed by atoms with E-state index in [4.69, 9.17) is 4.42 Å². The van der Waals surface area contributed by atoms with Crippen LogP contribution in [-0.2, 0) is 0 Å². The molecule has 106 valence electrons. The summed E-state index contributed by atoms with van der Waals surface area (Å²) < 4.78 is 4.96. The Labute approximate surface area is 121 Å². The number of carbonyl (C=O) groups excluding carboxylic acids is 2. The Morgan fingerprint density at radius 3 is 2.45 bits per heavy atom. The van der Waals surface area contributed by atoms with E-state index in [-0.39, 0.29) is 17.6 Å². The van der Waals surface area contributed by atoms with E-state index in [2.05, 4.69) is 10.6 Å². The molecule has 0 aliphatic carbocycles. The van der Waals surface area contributed by atoms with Gasteiger partial charge in [0, 0.05) is 22.8 Å². The third-order valence-corrected chi connectivity index (χ3v) is 3.69. The first-order valence-corrected chi connectivity index (χ1v) is 7.06. The number of furan rings is 1. The Morgan fingerprint density at radius 1 is 1.20 bits per heavy atom. The largest absolute Gasteiger partial charge is 0.459 e. The van der Waals surface area contributed by atoms with Gasteiger partial charge in [-0.15, -0.1) is 11.3 Å². The van der Waals surface area contributed by atoms with Crippen molar-refractivity contribution in [2.75, 3.05) is 13.1 Å². The Kier molecular flexibility index (Phi) is 4.57. The van der Waals surface area contributed by atoms with Gasteiger partial charge in [0.25, 0.3) is 11.8 Å². The van der Waals surface area contributed by atoms with Crippen molar-refractivity contribution in [1.82, 2.24) is 10.6 Å². The lowest BCUT2D eigenvalue weighted by Crippen LogP contribution is -2.34. The smallest absolute Gasteiger partial charge is 0.287 e. The highest BCUT2D eigenvalue weighted by Crippen LogP contribution is 2.20. The summed E-state index contributed by atoms with van der Waals surface area (Å²) in [6, 6.07) is 5.11. The zero-order valence-corrected chi connectivity index (χ0v) is 12.2. The molecule has 0 saturated heterocycles. The minimum absolute atomic E-state index is 0.112. The Morgan fingerprint density at radius 2 is 1.90 bits per heavy atom. The molecule has 2 N–H and O–H groups in total. The van der Waals surface area contributed by atoms with Crippen LogP contribution in [0.5, 0.6) is 0 Å². The average Bonchev–Trinajstić information content (AvgIpc) is 3.03. The lowest BCUT2D eigenvalue weighted by molar-refractivity contribution is 0.0910. The molecule has 0 bridgehead atoms. The van der Waals surface area contributed by atoms with E-state index in [1.54, 1.807) is 23.5 Å². The van der Waals surface area contributed by atoms with E-state index in [0.717, 1.165) is 9.75 Å². The first-order chi connectivity index (χ1) is 9.58. The van der Waals surface area contributed by atoms with Crippen molar-refractivity contribution in [2.24, 2.45) is 0 Å². The van der Waals surface area contributed by atoms with E-state index in [1.165, 1.54) is 6.26 Å². The molecule has 0 spiro atoms. The van der Waals surface area contributed by atoms with Gasteiger partial charge in [0.15, 0.2) is 5.76 Å². The van der Waals surface area contributed by atoms with Crippen LogP contribution in [0.3, 0.4) is 0 Å². The summed E-state index contributed by atoms with van der Waals surface area (Å²) >= 11 is 1.60. The van der Waals surface area contributed by atoms with Crippen LogP contribution in [0, 0.1) is 13.8 Å². The summed E-state index contributed by atoms with van der Waals surface area (Å²) in [4.78, 5) is 25.6. The van der Waals surface area contributed by atoms with Gasteiger partial charge in [-0.1, -0.05) is 0 Å². The molecule has 2 aromatic heterocycles. The molecule has 20 heavy (non-hydrogen) atoms. The van der Waals surface area contributed by atoms with Crippen LogP contribution in [0.15, 0.2) is 28.9 Å². The van der Waals surface area contributed by atoms with Crippen molar-refractivity contribution < 1.29 is 14.0 Å². The molecule has 0 aliphatic rings. The molecular formula is C14H16N2O3S. The van der Waals surface area contributed by atoms with E-state index in [1.807, 2.05) is 19.9 Å². The quantitative estimate of drug-likeness (QED) is 0.829. The molecular weight excluding hydrogens is 276 g/mol. The Hall–Kier alpha value is -2.08. The van der Waals surface area contributed by atoms with Gasteiger partial charge in [0.1, 0.15) is 0 Å². The second kappa shape index (κ2) is 6.38. The van der Waals surface area contributed by atoms with Crippen molar-refractivity contribution in [1.29, 1.82) is 0 Å². The number of nitrogens with one attached hydrogen (secondary N) is 2. The number of hydrogen-bond donors (Lipinski definition) is 2. The normalized spacial score (nSPS) is 10.3. The van der Waals surface area contributed by atoms with Gasteiger partial charge in [-0.05, 0) is 32.0 Å². The van der Waals surface area contributed by atoms with Crippen molar-refractivity contribution in [3.63, 3.8) is 0 Å². The van der Waals surface area contributed by atoms with Crippen LogP contribution >= 0.6 is 11.3 Å². The predicted molar refractivity (Wildman–Crippen MR) is 77.2 cm³/mol. The van der Waals surface area contributed by atoms with Gasteiger partial charge in [0.05, 0.1) is 11.8 Å². The van der Waals surface area contributed by atoms with Gasteiger partial charge < -0.3 is 15.1 Å². The maximum absolute atomic E-state index is 11.9. The highest BCUT2D eigenvalue weighted by molar-refractivity contribution is 7.12. The molecule has 2 aromatic rings. The highest BCUT2D eigenvalue weighted by atomic mass is 32.1. The monoisotopic (exact) mass is 292 g/mol. The van der Waals surface area contributed by atoms with Crippen LogP contribution in [-0.4, -0.2) is 24.9 Å². The number of hydrogen-bond acceptors (Lipinski definition) is 4. The second-order valence-electron chi connectivity index (χ2n) is 4.32. The van der Waals surface area contributed by atoms with Crippen LogP contribution in [0.1, 0.15) is 30.7 Å². The first kappa shape index (κ1) is 14.3. The van der Waals surface area contributed by atoms with Crippen LogP contribution in [0.4, 0.5) is 0 Å². The number of aryl methyl sites for hydroxylation is 2. The zero-order chi connectivity index (χ0) is 14.5. The molecule has 0 saturated carbocycles. The minimum atomic E-state index is -0.285. The van der Waals surface area contributed by atoms with E-state index in [9.17, 15) is 9.59 Å². The minimum Gasteiger partial charge on any atom is -0.459 e. The number of carbonyl (C=O) groups is 2. The first-order valence-electron chi connectivity index (χ1n) is 6.25. The fourth-order valence-electron chi connectivity index (χ4n) is 1.80. The van der Waals surface area contributed by atoms with Crippen molar-refractivity contribution in [3.05, 3.63) is 45.5 Å². The molecule has 2 heterocycles. The fourth-order valence-corrected chi connectivity index (χ4v) is 2.72. The van der Waals surface area contributed by atoms with E-state index < -0.39 is 0 Å². The number of thiophene rings is 1. The van der Waals surface area contributed by atoms with Crippen LogP contribution < -0.4 is 10.6 Å². The Bertz CT molecular complexity index is 602. The lowest BCUT2D eigenvalue weighted by Gasteiger charge is -2.05. The summed E-state index contributed by atoms with van der Waals surface area (Å²) in [7, 11) is 0. The summed E-state index contributed by atoms with van der Waals surface area (Å²) in [5.74, 6) is -0.133. The van der Waals surface area contributed by atoms with Crippen molar-refractivity contribution >= 4 is 23.2 Å². The highest BCUT2D eigenvalue weighted by Gasteiger charge is 2.11. The lowest BCUT2D eigenvalue weighted by atomic mass is 10.2. The van der Waals surface area contributed by atoms with Gasteiger partial charge in [0.2, 0.25) is 0 Å². The molecule has 0 aliphatic heterocycles. The molecule has 6 heteroatoms. The fraction of sp³-hybridized carbons (Fsp3) is 0.286. The molecule has 2 amide bonds. The summed E-state index contributed by atoms with van der Waals surface area (Å²) in [5, 5.41) is 5.44.